The van der Waals surface area contributed by atoms with Gasteiger partial charge in [0.2, 0.25) is 0 Å². The minimum Gasteiger partial charge on any atom is -0.381 e. The number of thiazole rings is 1. The average molecular weight is 299 g/mol. The molecule has 0 amide bonds. The first-order chi connectivity index (χ1) is 10.3. The van der Waals surface area contributed by atoms with E-state index in [0.717, 1.165) is 17.1 Å². The molecule has 2 aromatic rings. The van der Waals surface area contributed by atoms with Gasteiger partial charge in [-0.05, 0) is 50.5 Å². The second-order valence-corrected chi connectivity index (χ2v) is 7.16. The number of anilines is 1. The van der Waals surface area contributed by atoms with Crippen LogP contribution in [0.2, 0.25) is 0 Å². The van der Waals surface area contributed by atoms with Crippen molar-refractivity contribution in [1.82, 2.24) is 9.88 Å². The van der Waals surface area contributed by atoms with Crippen LogP contribution in [0.4, 0.5) is 5.69 Å². The van der Waals surface area contributed by atoms with Crippen LogP contribution in [0, 0.1) is 0 Å². The molecule has 0 radical (unpaired) electrons. The third-order valence-electron chi connectivity index (χ3n) is 4.57. The Morgan fingerprint density at radius 1 is 1.24 bits per heavy atom. The summed E-state index contributed by atoms with van der Waals surface area (Å²) in [7, 11) is 0. The number of hydrogen-bond acceptors (Lipinski definition) is 4. The van der Waals surface area contributed by atoms with Crippen LogP contribution in [0.25, 0.3) is 10.6 Å². The highest BCUT2D eigenvalue weighted by molar-refractivity contribution is 7.13. The summed E-state index contributed by atoms with van der Waals surface area (Å²) in [6.07, 6.45) is 5.92. The van der Waals surface area contributed by atoms with Crippen molar-refractivity contribution >= 4 is 17.0 Å². The van der Waals surface area contributed by atoms with Gasteiger partial charge in [-0.1, -0.05) is 0 Å². The molecule has 2 fully saturated rings. The molecule has 2 heterocycles. The van der Waals surface area contributed by atoms with E-state index in [-0.39, 0.29) is 0 Å². The summed E-state index contributed by atoms with van der Waals surface area (Å²) in [5, 5.41) is 6.81. The van der Waals surface area contributed by atoms with Crippen molar-refractivity contribution in [3.63, 3.8) is 0 Å². The van der Waals surface area contributed by atoms with E-state index in [1.807, 2.05) is 11.6 Å². The quantitative estimate of drug-likeness (QED) is 0.929. The highest BCUT2D eigenvalue weighted by Crippen LogP contribution is 2.34. The molecular weight excluding hydrogens is 278 g/mol. The lowest BCUT2D eigenvalue weighted by molar-refractivity contribution is 0.257. The van der Waals surface area contributed by atoms with Gasteiger partial charge in [0.05, 0.1) is 0 Å². The van der Waals surface area contributed by atoms with Gasteiger partial charge in [-0.25, -0.2) is 4.98 Å². The van der Waals surface area contributed by atoms with Gasteiger partial charge >= 0.3 is 0 Å². The Labute approximate surface area is 130 Å². The molecule has 1 aromatic carbocycles. The molecule has 1 saturated carbocycles. The normalized spacial score (nSPS) is 26.1. The lowest BCUT2D eigenvalue weighted by Gasteiger charge is -2.20. The molecule has 2 unspecified atom stereocenters. The Kier molecular flexibility index (Phi) is 3.43. The average Bonchev–Trinajstić information content (AvgIpc) is 3.05. The van der Waals surface area contributed by atoms with Crippen molar-refractivity contribution < 1.29 is 0 Å². The van der Waals surface area contributed by atoms with Gasteiger partial charge < -0.3 is 5.32 Å². The van der Waals surface area contributed by atoms with Gasteiger partial charge in [-0.3, -0.25) is 4.90 Å². The molecule has 2 atom stereocenters. The number of aromatic nitrogens is 1. The Hall–Kier alpha value is -1.39. The number of hydrogen-bond donors (Lipinski definition) is 1. The highest BCUT2D eigenvalue weighted by atomic mass is 32.1. The van der Waals surface area contributed by atoms with Gasteiger partial charge in [-0.2, -0.15) is 0 Å². The first-order valence-corrected chi connectivity index (χ1v) is 8.70. The van der Waals surface area contributed by atoms with Gasteiger partial charge in [0.1, 0.15) is 5.01 Å². The molecule has 1 aliphatic heterocycles. The van der Waals surface area contributed by atoms with Crippen molar-refractivity contribution in [1.29, 1.82) is 0 Å². The fourth-order valence-corrected chi connectivity index (χ4v) is 4.03. The predicted molar refractivity (Wildman–Crippen MR) is 88.8 cm³/mol. The second-order valence-electron chi connectivity index (χ2n) is 6.27. The zero-order chi connectivity index (χ0) is 14.2. The van der Waals surface area contributed by atoms with Crippen LogP contribution in [-0.4, -0.2) is 34.6 Å². The number of likely N-dealkylation sites (tertiary alicyclic amines) is 1. The summed E-state index contributed by atoms with van der Waals surface area (Å²) in [5.74, 6) is 0. The number of rotatable bonds is 4. The minimum atomic E-state index is 0.589. The first kappa shape index (κ1) is 13.3. The SMILES string of the molecule is CC1CC(Nc2ccc(-c3nccs3)cc2)CN1C1CC1. The van der Waals surface area contributed by atoms with Crippen molar-refractivity contribution in [2.45, 2.75) is 44.3 Å². The standard InChI is InChI=1S/C17H21N3S/c1-12-10-15(11-20(12)16-6-7-16)19-14-4-2-13(3-5-14)17-18-8-9-21-17/h2-5,8-9,12,15-16,19H,6-7,10-11H2,1H3. The van der Waals surface area contributed by atoms with Crippen LogP contribution in [0.5, 0.6) is 0 Å². The Balaban J connectivity index is 1.41. The smallest absolute Gasteiger partial charge is 0.123 e. The zero-order valence-electron chi connectivity index (χ0n) is 12.3. The summed E-state index contributed by atoms with van der Waals surface area (Å²) in [6, 6.07) is 10.9. The molecule has 0 bridgehead atoms. The summed E-state index contributed by atoms with van der Waals surface area (Å²) in [6.45, 7) is 3.56. The van der Waals surface area contributed by atoms with Gasteiger partial charge in [0.15, 0.2) is 0 Å². The maximum absolute atomic E-state index is 4.36. The van der Waals surface area contributed by atoms with Gasteiger partial charge in [-0.15, -0.1) is 11.3 Å². The number of nitrogens with zero attached hydrogens (tertiary/aromatic N) is 2. The molecule has 110 valence electrons. The Bertz CT molecular complexity index is 589. The molecule has 0 spiro atoms. The van der Waals surface area contributed by atoms with E-state index in [1.165, 1.54) is 37.1 Å². The molecule has 1 aromatic heterocycles. The van der Waals surface area contributed by atoms with Crippen LogP contribution in [0.15, 0.2) is 35.8 Å². The topological polar surface area (TPSA) is 28.2 Å². The van der Waals surface area contributed by atoms with E-state index in [0.29, 0.717) is 6.04 Å². The molecule has 4 heteroatoms. The lowest BCUT2D eigenvalue weighted by Crippen LogP contribution is -2.30. The summed E-state index contributed by atoms with van der Waals surface area (Å²) >= 11 is 1.69. The van der Waals surface area contributed by atoms with E-state index in [2.05, 4.69) is 46.4 Å². The maximum Gasteiger partial charge on any atom is 0.123 e. The minimum absolute atomic E-state index is 0.589. The molecular formula is C17H21N3S. The maximum atomic E-state index is 4.36. The molecule has 1 aliphatic carbocycles. The fourth-order valence-electron chi connectivity index (χ4n) is 3.39. The highest BCUT2D eigenvalue weighted by Gasteiger charge is 2.38. The fraction of sp³-hybridized carbons (Fsp3) is 0.471. The van der Waals surface area contributed by atoms with E-state index in [1.54, 1.807) is 11.3 Å². The third kappa shape index (κ3) is 2.83. The lowest BCUT2D eigenvalue weighted by atomic mass is 10.1. The van der Waals surface area contributed by atoms with Crippen LogP contribution in [0.1, 0.15) is 26.2 Å². The van der Waals surface area contributed by atoms with Crippen molar-refractivity contribution in [3.8, 4) is 10.6 Å². The van der Waals surface area contributed by atoms with Crippen LogP contribution in [0.3, 0.4) is 0 Å². The number of nitrogens with one attached hydrogen (secondary N) is 1. The van der Waals surface area contributed by atoms with Crippen molar-refractivity contribution in [2.24, 2.45) is 0 Å². The molecule has 1 N–H and O–H groups in total. The zero-order valence-corrected chi connectivity index (χ0v) is 13.1. The van der Waals surface area contributed by atoms with Gasteiger partial charge in [0.25, 0.3) is 0 Å². The van der Waals surface area contributed by atoms with Crippen LogP contribution in [-0.2, 0) is 0 Å². The monoisotopic (exact) mass is 299 g/mol. The van der Waals surface area contributed by atoms with E-state index in [4.69, 9.17) is 0 Å². The molecule has 2 aliphatic rings. The summed E-state index contributed by atoms with van der Waals surface area (Å²) in [4.78, 5) is 7.04. The van der Waals surface area contributed by atoms with E-state index >= 15 is 0 Å². The second kappa shape index (κ2) is 5.43. The van der Waals surface area contributed by atoms with Crippen molar-refractivity contribution in [3.05, 3.63) is 35.8 Å². The summed E-state index contributed by atoms with van der Waals surface area (Å²) < 4.78 is 0. The van der Waals surface area contributed by atoms with Crippen LogP contribution < -0.4 is 5.32 Å². The third-order valence-corrected chi connectivity index (χ3v) is 5.40. The van der Waals surface area contributed by atoms with Gasteiger partial charge in [0, 0.05) is 47.5 Å². The van der Waals surface area contributed by atoms with Crippen molar-refractivity contribution in [2.75, 3.05) is 11.9 Å². The largest absolute Gasteiger partial charge is 0.381 e. The summed E-state index contributed by atoms with van der Waals surface area (Å²) in [5.41, 5.74) is 2.43. The molecule has 4 rings (SSSR count). The first-order valence-electron chi connectivity index (χ1n) is 7.82. The van der Waals surface area contributed by atoms with E-state index < -0.39 is 0 Å². The predicted octanol–water partition coefficient (Wildman–Crippen LogP) is 3.85. The molecule has 3 nitrogen and oxygen atoms in total. The van der Waals surface area contributed by atoms with E-state index in [9.17, 15) is 0 Å². The van der Waals surface area contributed by atoms with Crippen LogP contribution >= 0.6 is 11.3 Å². The Morgan fingerprint density at radius 2 is 2.05 bits per heavy atom. The number of benzene rings is 1. The molecule has 1 saturated heterocycles. The molecule has 21 heavy (non-hydrogen) atoms. The Morgan fingerprint density at radius 3 is 2.71 bits per heavy atom.